The molecule has 0 saturated carbocycles. The molecule has 1 aliphatic rings. The van der Waals surface area contributed by atoms with Gasteiger partial charge in [-0.1, -0.05) is 23.7 Å². The van der Waals surface area contributed by atoms with Crippen molar-refractivity contribution < 1.29 is 0 Å². The number of hydrogen-bond donors (Lipinski definition) is 2. The summed E-state index contributed by atoms with van der Waals surface area (Å²) in [6, 6.07) is 10.4. The van der Waals surface area contributed by atoms with Crippen LogP contribution in [0.4, 0.5) is 0 Å². The summed E-state index contributed by atoms with van der Waals surface area (Å²) in [5, 5.41) is 11.9. The minimum atomic E-state index is 0.300. The van der Waals surface area contributed by atoms with Crippen LogP contribution in [0.5, 0.6) is 0 Å². The third-order valence-corrected chi connectivity index (χ3v) is 5.15. The maximum atomic E-state index is 6.23. The molecule has 2 N–H and O–H groups in total. The highest BCUT2D eigenvalue weighted by Crippen LogP contribution is 2.26. The van der Waals surface area contributed by atoms with Crippen LogP contribution in [0.2, 0.25) is 5.02 Å². The zero-order valence-electron chi connectivity index (χ0n) is 15.9. The molecule has 3 rings (SSSR count). The molecule has 1 saturated heterocycles. The number of nitrogens with one attached hydrogen (secondary N) is 2. The summed E-state index contributed by atoms with van der Waals surface area (Å²) < 4.78 is 1.94. The zero-order chi connectivity index (χ0) is 18.9. The van der Waals surface area contributed by atoms with Crippen LogP contribution >= 0.6 is 11.6 Å². The van der Waals surface area contributed by atoms with Crippen molar-refractivity contribution in [3.63, 3.8) is 0 Å². The number of halogens is 1. The largest absolute Gasteiger partial charge is 0.356 e. The number of aliphatic imine (C=N–C) groups is 1. The van der Waals surface area contributed by atoms with Gasteiger partial charge in [-0.25, -0.2) is 0 Å². The second-order valence-electron chi connectivity index (χ2n) is 6.82. The van der Waals surface area contributed by atoms with E-state index in [-0.39, 0.29) is 0 Å². The lowest BCUT2D eigenvalue weighted by atomic mass is 10.1. The van der Waals surface area contributed by atoms with E-state index in [2.05, 4.69) is 37.8 Å². The molecule has 2 heterocycles. The van der Waals surface area contributed by atoms with Gasteiger partial charge < -0.3 is 10.6 Å². The monoisotopic (exact) mass is 388 g/mol. The fraction of sp³-hybridized carbons (Fsp3) is 0.500. The van der Waals surface area contributed by atoms with E-state index < -0.39 is 0 Å². The van der Waals surface area contributed by atoms with E-state index in [0.717, 1.165) is 50.1 Å². The summed E-state index contributed by atoms with van der Waals surface area (Å²) in [4.78, 5) is 6.89. The summed E-state index contributed by atoms with van der Waals surface area (Å²) in [5.74, 6) is 0.835. The Morgan fingerprint density at radius 2 is 2.11 bits per heavy atom. The average Bonchev–Trinajstić information content (AvgIpc) is 3.38. The van der Waals surface area contributed by atoms with Crippen molar-refractivity contribution in [1.82, 2.24) is 25.3 Å². The molecular weight excluding hydrogens is 360 g/mol. The second-order valence-corrected chi connectivity index (χ2v) is 7.25. The van der Waals surface area contributed by atoms with Crippen LogP contribution in [-0.2, 0) is 6.54 Å². The molecule has 6 nitrogen and oxygen atoms in total. The minimum Gasteiger partial charge on any atom is -0.356 e. The van der Waals surface area contributed by atoms with Gasteiger partial charge in [-0.05, 0) is 56.1 Å². The number of rotatable bonds is 8. The molecule has 0 spiro atoms. The number of likely N-dealkylation sites (tertiary alicyclic amines) is 1. The van der Waals surface area contributed by atoms with E-state index in [9.17, 15) is 0 Å². The Bertz CT molecular complexity index is 709. The SMILES string of the molecule is CN=C(NCCCn1cccn1)NCC(c1cccc(Cl)c1)N1CCCC1. The van der Waals surface area contributed by atoms with Crippen LogP contribution in [0.1, 0.15) is 30.9 Å². The fourth-order valence-electron chi connectivity index (χ4n) is 3.52. The summed E-state index contributed by atoms with van der Waals surface area (Å²) >= 11 is 6.23. The van der Waals surface area contributed by atoms with E-state index in [0.29, 0.717) is 6.04 Å². The number of nitrogens with zero attached hydrogens (tertiary/aromatic N) is 4. The van der Waals surface area contributed by atoms with Crippen molar-refractivity contribution in [2.45, 2.75) is 31.8 Å². The van der Waals surface area contributed by atoms with Gasteiger partial charge in [0.2, 0.25) is 0 Å². The van der Waals surface area contributed by atoms with Crippen LogP contribution < -0.4 is 10.6 Å². The van der Waals surface area contributed by atoms with Gasteiger partial charge in [-0.15, -0.1) is 0 Å². The predicted octanol–water partition coefficient (Wildman–Crippen LogP) is 2.93. The van der Waals surface area contributed by atoms with E-state index in [1.54, 1.807) is 0 Å². The molecule has 1 unspecified atom stereocenters. The third-order valence-electron chi connectivity index (χ3n) is 4.92. The van der Waals surface area contributed by atoms with Crippen LogP contribution in [-0.4, -0.2) is 53.9 Å². The quantitative estimate of drug-likeness (QED) is 0.414. The van der Waals surface area contributed by atoms with Gasteiger partial charge in [-0.3, -0.25) is 14.6 Å². The lowest BCUT2D eigenvalue weighted by Crippen LogP contribution is -2.43. The summed E-state index contributed by atoms with van der Waals surface area (Å²) in [7, 11) is 1.81. The molecule has 0 amide bonds. The Morgan fingerprint density at radius 3 is 2.81 bits per heavy atom. The molecule has 1 aromatic carbocycles. The zero-order valence-corrected chi connectivity index (χ0v) is 16.7. The molecule has 1 aromatic heterocycles. The molecule has 7 heteroatoms. The highest BCUT2D eigenvalue weighted by atomic mass is 35.5. The van der Waals surface area contributed by atoms with Gasteiger partial charge in [0.05, 0.1) is 6.04 Å². The first-order valence-corrected chi connectivity index (χ1v) is 10.1. The normalized spacial score (nSPS) is 16.4. The van der Waals surface area contributed by atoms with E-state index in [4.69, 9.17) is 11.6 Å². The lowest BCUT2D eigenvalue weighted by Gasteiger charge is -2.29. The summed E-state index contributed by atoms with van der Waals surface area (Å²) in [5.41, 5.74) is 1.26. The summed E-state index contributed by atoms with van der Waals surface area (Å²) in [6.07, 6.45) is 7.31. The molecule has 1 atom stereocenters. The van der Waals surface area contributed by atoms with Crippen molar-refractivity contribution in [2.24, 2.45) is 4.99 Å². The Labute approximate surface area is 166 Å². The smallest absolute Gasteiger partial charge is 0.191 e. The number of aromatic nitrogens is 2. The van der Waals surface area contributed by atoms with Crippen molar-refractivity contribution in [3.05, 3.63) is 53.3 Å². The lowest BCUT2D eigenvalue weighted by molar-refractivity contribution is 0.245. The second kappa shape index (κ2) is 10.3. The number of guanidine groups is 1. The first-order chi connectivity index (χ1) is 13.3. The Balaban J connectivity index is 1.51. The number of benzene rings is 1. The van der Waals surface area contributed by atoms with Crippen molar-refractivity contribution in [1.29, 1.82) is 0 Å². The maximum Gasteiger partial charge on any atom is 0.191 e. The molecule has 1 fully saturated rings. The van der Waals surface area contributed by atoms with Crippen molar-refractivity contribution in [3.8, 4) is 0 Å². The number of hydrogen-bond acceptors (Lipinski definition) is 3. The van der Waals surface area contributed by atoms with Crippen LogP contribution in [0.15, 0.2) is 47.7 Å². The van der Waals surface area contributed by atoms with Gasteiger partial charge in [-0.2, -0.15) is 5.10 Å². The standard InChI is InChI=1S/C20H29ClN6/c1-22-20(23-9-5-13-27-14-6-10-25-27)24-16-19(26-11-2-3-12-26)17-7-4-8-18(21)15-17/h4,6-8,10,14-15,19H,2-3,5,9,11-13,16H2,1H3,(H2,22,23,24). The van der Waals surface area contributed by atoms with Gasteiger partial charge in [0.25, 0.3) is 0 Å². The summed E-state index contributed by atoms with van der Waals surface area (Å²) in [6.45, 7) is 4.82. The maximum absolute atomic E-state index is 6.23. The molecule has 0 bridgehead atoms. The highest BCUT2D eigenvalue weighted by molar-refractivity contribution is 6.30. The Morgan fingerprint density at radius 1 is 1.26 bits per heavy atom. The van der Waals surface area contributed by atoms with Crippen molar-refractivity contribution in [2.75, 3.05) is 33.2 Å². The van der Waals surface area contributed by atoms with E-state index >= 15 is 0 Å². The molecule has 0 radical (unpaired) electrons. The van der Waals surface area contributed by atoms with Crippen LogP contribution in [0.25, 0.3) is 0 Å². The van der Waals surface area contributed by atoms with Gasteiger partial charge in [0.1, 0.15) is 0 Å². The van der Waals surface area contributed by atoms with Gasteiger partial charge >= 0.3 is 0 Å². The average molecular weight is 389 g/mol. The molecule has 2 aromatic rings. The van der Waals surface area contributed by atoms with E-state index in [1.807, 2.05) is 42.3 Å². The number of aryl methyl sites for hydroxylation is 1. The Hall–Kier alpha value is -2.05. The minimum absolute atomic E-state index is 0.300. The Kier molecular flexibility index (Phi) is 7.54. The van der Waals surface area contributed by atoms with Crippen LogP contribution in [0, 0.1) is 0 Å². The first-order valence-electron chi connectivity index (χ1n) is 9.68. The topological polar surface area (TPSA) is 57.5 Å². The third kappa shape index (κ3) is 5.97. The van der Waals surface area contributed by atoms with Crippen molar-refractivity contribution >= 4 is 17.6 Å². The molecule has 146 valence electrons. The highest BCUT2D eigenvalue weighted by Gasteiger charge is 2.23. The van der Waals surface area contributed by atoms with Gasteiger partial charge in [0.15, 0.2) is 5.96 Å². The molecule has 0 aliphatic carbocycles. The molecule has 27 heavy (non-hydrogen) atoms. The fourth-order valence-corrected chi connectivity index (χ4v) is 3.72. The van der Waals surface area contributed by atoms with Crippen LogP contribution in [0.3, 0.4) is 0 Å². The van der Waals surface area contributed by atoms with Gasteiger partial charge in [0, 0.05) is 44.1 Å². The van der Waals surface area contributed by atoms with E-state index in [1.165, 1.54) is 18.4 Å². The first kappa shape index (κ1) is 19.7. The molecule has 1 aliphatic heterocycles. The predicted molar refractivity (Wildman–Crippen MR) is 111 cm³/mol. The molecular formula is C20H29ClN6.